The number of unbranched alkanes of at least 4 members (excludes halogenated alkanes) is 2. The smallest absolute Gasteiger partial charge is 0.166 e. The second-order valence-electron chi connectivity index (χ2n) is 7.99. The summed E-state index contributed by atoms with van der Waals surface area (Å²) < 4.78 is 55.3. The minimum absolute atomic E-state index is 0.0548. The van der Waals surface area contributed by atoms with E-state index in [0.29, 0.717) is 36.1 Å². The highest BCUT2D eigenvalue weighted by Crippen LogP contribution is 2.34. The second-order valence-corrected chi connectivity index (χ2v) is 7.99. The maximum atomic E-state index is 14.8. The molecule has 2 atom stereocenters. The van der Waals surface area contributed by atoms with Gasteiger partial charge in [0.2, 0.25) is 0 Å². The number of halogens is 3. The fourth-order valence-electron chi connectivity index (χ4n) is 3.94. The lowest BCUT2D eigenvalue weighted by molar-refractivity contribution is -0.0881. The molecule has 2 nitrogen and oxygen atoms in total. The summed E-state index contributed by atoms with van der Waals surface area (Å²) in [5, 5.41) is 0. The Morgan fingerprint density at radius 2 is 1.80 bits per heavy atom. The van der Waals surface area contributed by atoms with Gasteiger partial charge < -0.3 is 9.47 Å². The molecule has 0 radical (unpaired) electrons. The van der Waals surface area contributed by atoms with Crippen LogP contribution in [0.25, 0.3) is 11.1 Å². The van der Waals surface area contributed by atoms with E-state index in [2.05, 4.69) is 6.92 Å². The maximum absolute atomic E-state index is 14.8. The maximum Gasteiger partial charge on any atom is 0.166 e. The van der Waals surface area contributed by atoms with Gasteiger partial charge in [-0.1, -0.05) is 57.4 Å². The van der Waals surface area contributed by atoms with Crippen LogP contribution >= 0.6 is 0 Å². The summed E-state index contributed by atoms with van der Waals surface area (Å²) in [6.07, 6.45) is 5.75. The van der Waals surface area contributed by atoms with Crippen LogP contribution in [0.2, 0.25) is 0 Å². The zero-order chi connectivity index (χ0) is 21.5. The van der Waals surface area contributed by atoms with Crippen molar-refractivity contribution in [1.29, 1.82) is 0 Å². The predicted molar refractivity (Wildman–Crippen MR) is 113 cm³/mol. The zero-order valence-corrected chi connectivity index (χ0v) is 17.9. The van der Waals surface area contributed by atoms with E-state index in [0.717, 1.165) is 38.7 Å². The molecule has 0 amide bonds. The molecule has 1 fully saturated rings. The molecule has 1 heterocycles. The highest BCUT2D eigenvalue weighted by atomic mass is 19.2. The first kappa shape index (κ1) is 22.8. The normalized spacial score (nSPS) is 19.2. The molecule has 1 aliphatic heterocycles. The minimum Gasteiger partial charge on any atom is -0.376 e. The molecule has 1 aliphatic rings. The van der Waals surface area contributed by atoms with Gasteiger partial charge in [0.25, 0.3) is 0 Å². The summed E-state index contributed by atoms with van der Waals surface area (Å²) in [5.74, 6) is -2.23. The van der Waals surface area contributed by atoms with Crippen molar-refractivity contribution in [1.82, 2.24) is 0 Å². The predicted octanol–water partition coefficient (Wildman–Crippen LogP) is 7.15. The van der Waals surface area contributed by atoms with Gasteiger partial charge in [-0.05, 0) is 42.9 Å². The summed E-state index contributed by atoms with van der Waals surface area (Å²) in [6.45, 7) is 5.24. The topological polar surface area (TPSA) is 18.5 Å². The molecule has 3 rings (SSSR count). The van der Waals surface area contributed by atoms with Crippen LogP contribution in [0.1, 0.15) is 69.6 Å². The molecule has 2 unspecified atom stereocenters. The Kier molecular flexibility index (Phi) is 8.34. The van der Waals surface area contributed by atoms with Crippen molar-refractivity contribution in [3.63, 3.8) is 0 Å². The molecule has 30 heavy (non-hydrogen) atoms. The lowest BCUT2D eigenvalue weighted by atomic mass is 9.95. The van der Waals surface area contributed by atoms with E-state index in [-0.39, 0.29) is 17.8 Å². The Balaban J connectivity index is 1.66. The van der Waals surface area contributed by atoms with Gasteiger partial charge in [-0.3, -0.25) is 0 Å². The van der Waals surface area contributed by atoms with Crippen molar-refractivity contribution < 1.29 is 22.6 Å². The van der Waals surface area contributed by atoms with E-state index in [4.69, 9.17) is 9.47 Å². The number of benzene rings is 2. The van der Waals surface area contributed by atoms with E-state index in [1.807, 2.05) is 6.92 Å². The van der Waals surface area contributed by atoms with Gasteiger partial charge in [-0.2, -0.15) is 0 Å². The SMILES string of the molecule is CCCCCOC1CCC(c2ccc(-c3ccc(CCC)c(F)c3F)cc2F)OC1. The molecule has 2 aromatic rings. The molecule has 0 spiro atoms. The average Bonchev–Trinajstić information content (AvgIpc) is 2.75. The molecule has 2 aromatic carbocycles. The fraction of sp³-hybridized carbons (Fsp3) is 0.520. The summed E-state index contributed by atoms with van der Waals surface area (Å²) in [7, 11) is 0. The molecule has 5 heteroatoms. The van der Waals surface area contributed by atoms with Crippen LogP contribution in [0.4, 0.5) is 13.2 Å². The Morgan fingerprint density at radius 1 is 0.967 bits per heavy atom. The molecule has 0 aliphatic carbocycles. The highest BCUT2D eigenvalue weighted by molar-refractivity contribution is 5.65. The summed E-state index contributed by atoms with van der Waals surface area (Å²) in [4.78, 5) is 0. The van der Waals surface area contributed by atoms with E-state index in [9.17, 15) is 13.2 Å². The van der Waals surface area contributed by atoms with Gasteiger partial charge in [-0.25, -0.2) is 13.2 Å². The van der Waals surface area contributed by atoms with Crippen LogP contribution < -0.4 is 0 Å². The van der Waals surface area contributed by atoms with Crippen LogP contribution in [0.15, 0.2) is 30.3 Å². The Hall–Kier alpha value is -1.85. The molecule has 164 valence electrons. The molecule has 0 aromatic heterocycles. The van der Waals surface area contributed by atoms with Crippen LogP contribution in [-0.2, 0) is 15.9 Å². The van der Waals surface area contributed by atoms with Crippen molar-refractivity contribution in [2.24, 2.45) is 0 Å². The number of hydrogen-bond acceptors (Lipinski definition) is 2. The quantitative estimate of drug-likeness (QED) is 0.401. The molecule has 1 saturated heterocycles. The summed E-state index contributed by atoms with van der Waals surface area (Å²) >= 11 is 0. The van der Waals surface area contributed by atoms with Gasteiger partial charge in [-0.15, -0.1) is 0 Å². The highest BCUT2D eigenvalue weighted by Gasteiger charge is 2.26. The van der Waals surface area contributed by atoms with Crippen molar-refractivity contribution in [3.05, 3.63) is 58.9 Å². The monoisotopic (exact) mass is 420 g/mol. The van der Waals surface area contributed by atoms with Crippen molar-refractivity contribution in [2.75, 3.05) is 13.2 Å². The van der Waals surface area contributed by atoms with Crippen LogP contribution in [0.3, 0.4) is 0 Å². The summed E-state index contributed by atoms with van der Waals surface area (Å²) in [6, 6.07) is 7.62. The number of aryl methyl sites for hydroxylation is 1. The molecular weight excluding hydrogens is 389 g/mol. The third-order valence-corrected chi connectivity index (χ3v) is 5.68. The van der Waals surface area contributed by atoms with Crippen LogP contribution in [0.5, 0.6) is 0 Å². The Morgan fingerprint density at radius 3 is 2.47 bits per heavy atom. The largest absolute Gasteiger partial charge is 0.376 e. The standard InChI is InChI=1S/C25H31F3O2/c1-3-5-6-14-29-19-10-13-23(30-16-19)21-12-9-18(15-22(21)26)20-11-8-17(7-4-2)24(27)25(20)28/h8-9,11-12,15,19,23H,3-7,10,13-14,16H2,1-2H3. The second kappa shape index (κ2) is 11.0. The Labute approximate surface area is 177 Å². The minimum atomic E-state index is -0.926. The number of hydrogen-bond donors (Lipinski definition) is 0. The molecule has 0 bridgehead atoms. The van der Waals surface area contributed by atoms with Gasteiger partial charge >= 0.3 is 0 Å². The molecular formula is C25H31F3O2. The lowest BCUT2D eigenvalue weighted by Crippen LogP contribution is -2.28. The third kappa shape index (κ3) is 5.44. The number of ether oxygens (including phenoxy) is 2. The molecule has 0 saturated carbocycles. The lowest BCUT2D eigenvalue weighted by Gasteiger charge is -2.29. The van der Waals surface area contributed by atoms with Crippen molar-refractivity contribution >= 4 is 0 Å². The number of rotatable bonds is 9. The Bertz CT molecular complexity index is 829. The van der Waals surface area contributed by atoms with Crippen molar-refractivity contribution in [3.8, 4) is 11.1 Å². The van der Waals surface area contributed by atoms with Gasteiger partial charge in [0.1, 0.15) is 5.82 Å². The fourth-order valence-corrected chi connectivity index (χ4v) is 3.94. The summed E-state index contributed by atoms with van der Waals surface area (Å²) in [5.41, 5.74) is 1.19. The average molecular weight is 421 g/mol. The van der Waals surface area contributed by atoms with Crippen LogP contribution in [-0.4, -0.2) is 19.3 Å². The van der Waals surface area contributed by atoms with Gasteiger partial charge in [0.15, 0.2) is 11.6 Å². The van der Waals surface area contributed by atoms with Gasteiger partial charge in [0, 0.05) is 17.7 Å². The third-order valence-electron chi connectivity index (χ3n) is 5.68. The van der Waals surface area contributed by atoms with Crippen LogP contribution in [0, 0.1) is 17.5 Å². The first-order valence-electron chi connectivity index (χ1n) is 11.0. The van der Waals surface area contributed by atoms with E-state index in [1.54, 1.807) is 18.2 Å². The van der Waals surface area contributed by atoms with Crippen molar-refractivity contribution in [2.45, 2.75) is 71.0 Å². The first-order chi connectivity index (χ1) is 14.5. The van der Waals surface area contributed by atoms with E-state index < -0.39 is 17.5 Å². The van der Waals surface area contributed by atoms with E-state index >= 15 is 0 Å². The zero-order valence-electron chi connectivity index (χ0n) is 17.9. The molecule has 0 N–H and O–H groups in total. The van der Waals surface area contributed by atoms with Gasteiger partial charge in [0.05, 0.1) is 18.8 Å². The van der Waals surface area contributed by atoms with E-state index in [1.165, 1.54) is 12.1 Å². The first-order valence-corrected chi connectivity index (χ1v) is 11.0.